The summed E-state index contributed by atoms with van der Waals surface area (Å²) in [5.41, 5.74) is 1.87. The van der Waals surface area contributed by atoms with Crippen LogP contribution in [0.5, 0.6) is 0 Å². The molecule has 4 rings (SSSR count). The molecular weight excluding hydrogens is 449 g/mol. The fourth-order valence-electron chi connectivity index (χ4n) is 3.35. The van der Waals surface area contributed by atoms with Gasteiger partial charge in [0.25, 0.3) is 0 Å². The van der Waals surface area contributed by atoms with E-state index in [1.807, 2.05) is 41.3 Å². The van der Waals surface area contributed by atoms with Crippen LogP contribution in [0.15, 0.2) is 53.3 Å². The van der Waals surface area contributed by atoms with Crippen molar-refractivity contribution in [2.75, 3.05) is 19.6 Å². The number of nitrogens with zero attached hydrogens (tertiary/aromatic N) is 4. The SMILES string of the molecule is Cl.Cl.O=C(CCc1nc(-c2ccncc2)no1)N1CCNCC1c1cccc(Cl)c1. The summed E-state index contributed by atoms with van der Waals surface area (Å²) in [6, 6.07) is 11.3. The van der Waals surface area contributed by atoms with Crippen LogP contribution < -0.4 is 5.32 Å². The Morgan fingerprint density at radius 1 is 1.23 bits per heavy atom. The zero-order valence-corrected chi connectivity index (χ0v) is 18.4. The van der Waals surface area contributed by atoms with Gasteiger partial charge in [-0.05, 0) is 29.8 Å². The molecule has 1 N–H and O–H groups in total. The van der Waals surface area contributed by atoms with Gasteiger partial charge in [-0.25, -0.2) is 0 Å². The molecule has 3 heterocycles. The van der Waals surface area contributed by atoms with Gasteiger partial charge in [0.1, 0.15) is 0 Å². The number of hydrogen-bond donors (Lipinski definition) is 1. The van der Waals surface area contributed by atoms with Crippen molar-refractivity contribution in [1.82, 2.24) is 25.3 Å². The number of carbonyl (C=O) groups is 1. The second-order valence-electron chi connectivity index (χ2n) is 6.61. The number of nitrogens with one attached hydrogen (secondary N) is 1. The van der Waals surface area contributed by atoms with E-state index in [-0.39, 0.29) is 36.8 Å². The fourth-order valence-corrected chi connectivity index (χ4v) is 3.55. The van der Waals surface area contributed by atoms with Crippen LogP contribution in [0.2, 0.25) is 5.02 Å². The molecule has 0 bridgehead atoms. The van der Waals surface area contributed by atoms with Gasteiger partial charge in [-0.2, -0.15) is 4.98 Å². The highest BCUT2D eigenvalue weighted by Crippen LogP contribution is 2.25. The third-order valence-corrected chi connectivity index (χ3v) is 4.99. The topological polar surface area (TPSA) is 84.1 Å². The lowest BCUT2D eigenvalue weighted by atomic mass is 10.0. The quantitative estimate of drug-likeness (QED) is 0.611. The van der Waals surface area contributed by atoms with Crippen LogP contribution in [0.1, 0.15) is 23.9 Å². The van der Waals surface area contributed by atoms with E-state index in [9.17, 15) is 4.79 Å². The minimum Gasteiger partial charge on any atom is -0.339 e. The van der Waals surface area contributed by atoms with Gasteiger partial charge >= 0.3 is 0 Å². The lowest BCUT2D eigenvalue weighted by molar-refractivity contribution is -0.134. The maximum Gasteiger partial charge on any atom is 0.227 e. The summed E-state index contributed by atoms with van der Waals surface area (Å²) in [5.74, 6) is 1.02. The van der Waals surface area contributed by atoms with Crippen molar-refractivity contribution < 1.29 is 9.32 Å². The molecule has 1 unspecified atom stereocenters. The smallest absolute Gasteiger partial charge is 0.227 e. The van der Waals surface area contributed by atoms with Gasteiger partial charge in [0.2, 0.25) is 17.6 Å². The largest absolute Gasteiger partial charge is 0.339 e. The van der Waals surface area contributed by atoms with Gasteiger partial charge in [-0.15, -0.1) is 24.8 Å². The number of piperazine rings is 1. The molecule has 1 amide bonds. The predicted molar refractivity (Wildman–Crippen MR) is 119 cm³/mol. The molecule has 160 valence electrons. The van der Waals surface area contributed by atoms with Crippen LogP contribution in [-0.4, -0.2) is 45.6 Å². The number of carbonyl (C=O) groups excluding carboxylic acids is 1. The number of benzene rings is 1. The van der Waals surface area contributed by atoms with Crippen LogP contribution in [0, 0.1) is 0 Å². The number of aryl methyl sites for hydroxylation is 1. The normalized spacial score (nSPS) is 15.8. The van der Waals surface area contributed by atoms with Gasteiger partial charge in [0.15, 0.2) is 0 Å². The van der Waals surface area contributed by atoms with E-state index in [0.29, 0.717) is 42.7 Å². The van der Waals surface area contributed by atoms with E-state index in [1.54, 1.807) is 12.4 Å². The molecule has 30 heavy (non-hydrogen) atoms. The Morgan fingerprint density at radius 3 is 2.80 bits per heavy atom. The number of halogens is 3. The summed E-state index contributed by atoms with van der Waals surface area (Å²) in [7, 11) is 0. The monoisotopic (exact) mass is 469 g/mol. The molecule has 1 aromatic carbocycles. The number of rotatable bonds is 5. The third-order valence-electron chi connectivity index (χ3n) is 4.76. The van der Waals surface area contributed by atoms with Crippen molar-refractivity contribution in [3.63, 3.8) is 0 Å². The summed E-state index contributed by atoms with van der Waals surface area (Å²) in [5, 5.41) is 8.01. The summed E-state index contributed by atoms with van der Waals surface area (Å²) >= 11 is 6.13. The van der Waals surface area contributed by atoms with Crippen LogP contribution >= 0.6 is 36.4 Å². The molecule has 1 aliphatic heterocycles. The van der Waals surface area contributed by atoms with Crippen molar-refractivity contribution in [3.05, 3.63) is 65.3 Å². The molecule has 1 atom stereocenters. The van der Waals surface area contributed by atoms with E-state index in [2.05, 4.69) is 20.4 Å². The van der Waals surface area contributed by atoms with Crippen molar-refractivity contribution in [1.29, 1.82) is 0 Å². The van der Waals surface area contributed by atoms with Gasteiger partial charge in [-0.1, -0.05) is 28.9 Å². The van der Waals surface area contributed by atoms with Gasteiger partial charge in [-0.3, -0.25) is 9.78 Å². The number of aromatic nitrogens is 3. The Hall–Kier alpha value is -2.19. The summed E-state index contributed by atoms with van der Waals surface area (Å²) in [6.45, 7) is 2.14. The van der Waals surface area contributed by atoms with E-state index in [4.69, 9.17) is 16.1 Å². The van der Waals surface area contributed by atoms with Crippen molar-refractivity contribution in [2.24, 2.45) is 0 Å². The first-order valence-corrected chi connectivity index (χ1v) is 9.57. The molecule has 1 fully saturated rings. The Balaban J connectivity index is 0.00000160. The average molecular weight is 471 g/mol. The Kier molecular flexibility index (Phi) is 9.05. The molecule has 1 aliphatic rings. The number of hydrogen-bond acceptors (Lipinski definition) is 6. The van der Waals surface area contributed by atoms with Gasteiger partial charge < -0.3 is 14.7 Å². The standard InChI is InChI=1S/C20H20ClN5O2.2ClH/c21-16-3-1-2-15(12-16)17-13-23-10-11-26(17)19(27)5-4-18-24-20(25-28-18)14-6-8-22-9-7-14;;/h1-3,6-9,12,17,23H,4-5,10-11,13H2;2*1H. The molecule has 10 heteroatoms. The summed E-state index contributed by atoms with van der Waals surface area (Å²) in [6.07, 6.45) is 4.07. The van der Waals surface area contributed by atoms with Crippen molar-refractivity contribution in [2.45, 2.75) is 18.9 Å². The predicted octanol–water partition coefficient (Wildman–Crippen LogP) is 3.73. The Bertz CT molecular complexity index is 954. The van der Waals surface area contributed by atoms with Gasteiger partial charge in [0.05, 0.1) is 6.04 Å². The zero-order chi connectivity index (χ0) is 19.3. The van der Waals surface area contributed by atoms with Crippen LogP contribution in [0.25, 0.3) is 11.4 Å². The minimum absolute atomic E-state index is 0. The first-order chi connectivity index (χ1) is 13.7. The molecule has 7 nitrogen and oxygen atoms in total. The first kappa shape index (κ1) is 24.1. The highest BCUT2D eigenvalue weighted by molar-refractivity contribution is 6.30. The molecular formula is C20H22Cl3N5O2. The zero-order valence-electron chi connectivity index (χ0n) is 16.0. The molecule has 0 radical (unpaired) electrons. The molecule has 0 saturated carbocycles. The van der Waals surface area contributed by atoms with Crippen LogP contribution in [0.3, 0.4) is 0 Å². The lowest BCUT2D eigenvalue weighted by Gasteiger charge is -2.36. The lowest BCUT2D eigenvalue weighted by Crippen LogP contribution is -2.48. The van der Waals surface area contributed by atoms with Crippen molar-refractivity contribution >= 4 is 42.3 Å². The Labute approximate surface area is 192 Å². The second-order valence-corrected chi connectivity index (χ2v) is 7.05. The highest BCUT2D eigenvalue weighted by atomic mass is 35.5. The van der Waals surface area contributed by atoms with E-state index < -0.39 is 0 Å². The maximum absolute atomic E-state index is 12.9. The summed E-state index contributed by atoms with van der Waals surface area (Å²) < 4.78 is 5.30. The minimum atomic E-state index is -0.0324. The van der Waals surface area contributed by atoms with E-state index in [0.717, 1.165) is 17.7 Å². The van der Waals surface area contributed by atoms with Crippen LogP contribution in [0.4, 0.5) is 0 Å². The number of amides is 1. The molecule has 3 aromatic rings. The summed E-state index contributed by atoms with van der Waals surface area (Å²) in [4.78, 5) is 23.1. The molecule has 0 aliphatic carbocycles. The molecule has 1 saturated heterocycles. The van der Waals surface area contributed by atoms with E-state index >= 15 is 0 Å². The van der Waals surface area contributed by atoms with Crippen LogP contribution in [-0.2, 0) is 11.2 Å². The third kappa shape index (κ3) is 5.70. The maximum atomic E-state index is 12.9. The first-order valence-electron chi connectivity index (χ1n) is 9.19. The number of pyridine rings is 1. The van der Waals surface area contributed by atoms with Crippen molar-refractivity contribution in [3.8, 4) is 11.4 Å². The second kappa shape index (κ2) is 11.3. The van der Waals surface area contributed by atoms with Gasteiger partial charge in [0, 0.05) is 55.5 Å². The Morgan fingerprint density at radius 2 is 2.03 bits per heavy atom. The molecule has 2 aromatic heterocycles. The van der Waals surface area contributed by atoms with E-state index in [1.165, 1.54) is 0 Å². The molecule has 0 spiro atoms. The average Bonchev–Trinajstić information content (AvgIpc) is 3.22. The highest BCUT2D eigenvalue weighted by Gasteiger charge is 2.28. The fraction of sp³-hybridized carbons (Fsp3) is 0.300.